The Morgan fingerprint density at radius 1 is 1.65 bits per heavy atom. The maximum atomic E-state index is 12.2. The zero-order valence-electron chi connectivity index (χ0n) is 9.63. The van der Waals surface area contributed by atoms with Crippen molar-refractivity contribution in [3.63, 3.8) is 0 Å². The highest BCUT2D eigenvalue weighted by molar-refractivity contribution is 7.13. The van der Waals surface area contributed by atoms with Gasteiger partial charge >= 0.3 is 0 Å². The fourth-order valence-electron chi connectivity index (χ4n) is 2.25. The Labute approximate surface area is 104 Å². The van der Waals surface area contributed by atoms with Gasteiger partial charge in [0, 0.05) is 24.6 Å². The van der Waals surface area contributed by atoms with Gasteiger partial charge in [0.15, 0.2) is 5.13 Å². The zero-order valence-corrected chi connectivity index (χ0v) is 10.4. The summed E-state index contributed by atoms with van der Waals surface area (Å²) in [5.74, 6) is -0.0592. The maximum Gasteiger partial charge on any atom is 0.273 e. The average Bonchev–Trinajstić information content (AvgIpc) is 2.76. The van der Waals surface area contributed by atoms with Crippen LogP contribution in [0, 0.1) is 0 Å². The molecule has 1 aliphatic rings. The van der Waals surface area contributed by atoms with E-state index in [2.05, 4.69) is 4.98 Å². The minimum Gasteiger partial charge on any atom is -0.396 e. The molecule has 0 aliphatic carbocycles. The van der Waals surface area contributed by atoms with E-state index in [1.54, 1.807) is 5.38 Å². The lowest BCUT2D eigenvalue weighted by atomic mass is 9.99. The van der Waals surface area contributed by atoms with Gasteiger partial charge in [-0.3, -0.25) is 4.79 Å². The molecule has 1 saturated heterocycles. The molecular weight excluding hydrogens is 238 g/mol. The molecule has 1 aliphatic heterocycles. The molecule has 1 fully saturated rings. The molecule has 1 amide bonds. The summed E-state index contributed by atoms with van der Waals surface area (Å²) >= 11 is 1.28. The average molecular weight is 255 g/mol. The number of carbonyl (C=O) groups is 1. The fourth-order valence-corrected chi connectivity index (χ4v) is 2.79. The molecule has 0 aromatic carbocycles. The van der Waals surface area contributed by atoms with Crippen LogP contribution in [0.4, 0.5) is 5.13 Å². The van der Waals surface area contributed by atoms with Gasteiger partial charge in [0.05, 0.1) is 0 Å². The summed E-state index contributed by atoms with van der Waals surface area (Å²) in [6.07, 6.45) is 3.75. The van der Waals surface area contributed by atoms with Crippen molar-refractivity contribution >= 4 is 22.4 Å². The third kappa shape index (κ3) is 2.76. The van der Waals surface area contributed by atoms with Crippen molar-refractivity contribution in [3.8, 4) is 0 Å². The summed E-state index contributed by atoms with van der Waals surface area (Å²) in [6, 6.07) is 0.143. The second-order valence-electron chi connectivity index (χ2n) is 4.23. The van der Waals surface area contributed by atoms with E-state index in [4.69, 9.17) is 10.8 Å². The number of nitrogens with zero attached hydrogens (tertiary/aromatic N) is 2. The molecule has 0 bridgehead atoms. The van der Waals surface area contributed by atoms with E-state index in [0.717, 1.165) is 25.8 Å². The third-order valence-corrected chi connectivity index (χ3v) is 3.77. The number of hydrogen-bond acceptors (Lipinski definition) is 5. The molecule has 2 rings (SSSR count). The van der Waals surface area contributed by atoms with Gasteiger partial charge in [0.2, 0.25) is 0 Å². The number of carbonyl (C=O) groups excluding carboxylic acids is 1. The van der Waals surface area contributed by atoms with Crippen LogP contribution in [0.15, 0.2) is 5.38 Å². The van der Waals surface area contributed by atoms with Gasteiger partial charge in [-0.15, -0.1) is 11.3 Å². The predicted octanol–water partition coefficient (Wildman–Crippen LogP) is 1.10. The monoisotopic (exact) mass is 255 g/mol. The number of aliphatic hydroxyl groups excluding tert-OH is 1. The van der Waals surface area contributed by atoms with Crippen molar-refractivity contribution in [2.24, 2.45) is 0 Å². The standard InChI is InChI=1S/C11H17N3O2S/c12-11-13-9(7-17-11)10(16)14-5-2-1-3-8(14)4-6-15/h7-8,15H,1-6H2,(H2,12,13). The first-order chi connectivity index (χ1) is 8.22. The number of likely N-dealkylation sites (tertiary alicyclic amines) is 1. The van der Waals surface area contributed by atoms with E-state index in [1.807, 2.05) is 4.90 Å². The Bertz CT molecular complexity index is 392. The second kappa shape index (κ2) is 5.46. The predicted molar refractivity (Wildman–Crippen MR) is 66.9 cm³/mol. The minimum atomic E-state index is -0.0592. The van der Waals surface area contributed by atoms with Crippen molar-refractivity contribution in [2.45, 2.75) is 31.7 Å². The van der Waals surface area contributed by atoms with Gasteiger partial charge in [-0.25, -0.2) is 4.98 Å². The first kappa shape index (κ1) is 12.3. The summed E-state index contributed by atoms with van der Waals surface area (Å²) in [4.78, 5) is 18.1. The van der Waals surface area contributed by atoms with Gasteiger partial charge in [0.25, 0.3) is 5.91 Å². The first-order valence-electron chi connectivity index (χ1n) is 5.85. The summed E-state index contributed by atoms with van der Waals surface area (Å²) in [5, 5.41) is 11.1. The molecule has 0 saturated carbocycles. The number of rotatable bonds is 3. The highest BCUT2D eigenvalue weighted by Crippen LogP contribution is 2.22. The molecule has 1 atom stereocenters. The number of aliphatic hydroxyl groups is 1. The van der Waals surface area contributed by atoms with Gasteiger partial charge in [-0.05, 0) is 25.7 Å². The highest BCUT2D eigenvalue weighted by Gasteiger charge is 2.28. The smallest absolute Gasteiger partial charge is 0.273 e. The number of nitrogens with two attached hydrogens (primary N) is 1. The maximum absolute atomic E-state index is 12.2. The lowest BCUT2D eigenvalue weighted by Gasteiger charge is -2.35. The Morgan fingerprint density at radius 3 is 3.12 bits per heavy atom. The van der Waals surface area contributed by atoms with Gasteiger partial charge in [-0.1, -0.05) is 0 Å². The van der Waals surface area contributed by atoms with Crippen molar-refractivity contribution in [1.29, 1.82) is 0 Å². The molecule has 2 heterocycles. The molecule has 1 aromatic rings. The van der Waals surface area contributed by atoms with E-state index < -0.39 is 0 Å². The molecule has 3 N–H and O–H groups in total. The molecule has 1 aromatic heterocycles. The Hall–Kier alpha value is -1.14. The Kier molecular flexibility index (Phi) is 3.96. The van der Waals surface area contributed by atoms with Crippen LogP contribution < -0.4 is 5.73 Å². The van der Waals surface area contributed by atoms with E-state index in [0.29, 0.717) is 17.2 Å². The third-order valence-electron chi connectivity index (χ3n) is 3.09. The SMILES string of the molecule is Nc1nc(C(=O)N2CCCCC2CCO)cs1. The normalized spacial score (nSPS) is 20.5. The van der Waals surface area contributed by atoms with E-state index in [-0.39, 0.29) is 18.6 Å². The largest absolute Gasteiger partial charge is 0.396 e. The van der Waals surface area contributed by atoms with Gasteiger partial charge in [-0.2, -0.15) is 0 Å². The van der Waals surface area contributed by atoms with E-state index >= 15 is 0 Å². The lowest BCUT2D eigenvalue weighted by molar-refractivity contribution is 0.0569. The van der Waals surface area contributed by atoms with Crippen LogP contribution in [0.1, 0.15) is 36.2 Å². The minimum absolute atomic E-state index is 0.0592. The lowest BCUT2D eigenvalue weighted by Crippen LogP contribution is -2.44. The summed E-state index contributed by atoms with van der Waals surface area (Å²) in [7, 11) is 0. The first-order valence-corrected chi connectivity index (χ1v) is 6.73. The topological polar surface area (TPSA) is 79.5 Å². The van der Waals surface area contributed by atoms with Crippen molar-refractivity contribution in [2.75, 3.05) is 18.9 Å². The summed E-state index contributed by atoms with van der Waals surface area (Å²) < 4.78 is 0. The van der Waals surface area contributed by atoms with Gasteiger partial charge < -0.3 is 15.7 Å². The highest BCUT2D eigenvalue weighted by atomic mass is 32.1. The van der Waals surface area contributed by atoms with Crippen LogP contribution in [0.3, 0.4) is 0 Å². The number of aromatic nitrogens is 1. The van der Waals surface area contributed by atoms with Gasteiger partial charge in [0.1, 0.15) is 5.69 Å². The molecule has 0 radical (unpaired) electrons. The molecule has 94 valence electrons. The Morgan fingerprint density at radius 2 is 2.47 bits per heavy atom. The number of thiazole rings is 1. The van der Waals surface area contributed by atoms with Crippen molar-refractivity contribution < 1.29 is 9.90 Å². The second-order valence-corrected chi connectivity index (χ2v) is 5.12. The number of amides is 1. The van der Waals surface area contributed by atoms with Crippen LogP contribution in [0.5, 0.6) is 0 Å². The molecule has 17 heavy (non-hydrogen) atoms. The van der Waals surface area contributed by atoms with E-state index in [1.165, 1.54) is 11.3 Å². The van der Waals surface area contributed by atoms with Crippen LogP contribution in [0.25, 0.3) is 0 Å². The summed E-state index contributed by atoms with van der Waals surface area (Å²) in [5.41, 5.74) is 5.96. The number of piperidine rings is 1. The summed E-state index contributed by atoms with van der Waals surface area (Å²) in [6.45, 7) is 0.870. The molecular formula is C11H17N3O2S. The molecule has 0 spiro atoms. The van der Waals surface area contributed by atoms with Crippen LogP contribution in [0.2, 0.25) is 0 Å². The Balaban J connectivity index is 2.10. The molecule has 5 nitrogen and oxygen atoms in total. The van der Waals surface area contributed by atoms with E-state index in [9.17, 15) is 4.79 Å². The van der Waals surface area contributed by atoms with Crippen molar-refractivity contribution in [3.05, 3.63) is 11.1 Å². The number of hydrogen-bond donors (Lipinski definition) is 2. The van der Waals surface area contributed by atoms with Crippen LogP contribution in [-0.4, -0.2) is 40.1 Å². The number of anilines is 1. The molecule has 1 unspecified atom stereocenters. The zero-order chi connectivity index (χ0) is 12.3. The number of nitrogen functional groups attached to an aromatic ring is 1. The fraction of sp³-hybridized carbons (Fsp3) is 0.636. The van der Waals surface area contributed by atoms with Crippen LogP contribution in [-0.2, 0) is 0 Å². The van der Waals surface area contributed by atoms with Crippen molar-refractivity contribution in [1.82, 2.24) is 9.88 Å². The van der Waals surface area contributed by atoms with Crippen LogP contribution >= 0.6 is 11.3 Å². The quantitative estimate of drug-likeness (QED) is 0.847. The molecule has 6 heteroatoms.